The summed E-state index contributed by atoms with van der Waals surface area (Å²) in [5.41, 5.74) is 1.15. The molecule has 0 radical (unpaired) electrons. The topological polar surface area (TPSA) is 75.1 Å². The number of halogens is 1. The number of hydrogen-bond acceptors (Lipinski definition) is 2. The summed E-state index contributed by atoms with van der Waals surface area (Å²) in [5, 5.41) is 9.29. The van der Waals surface area contributed by atoms with Crippen molar-refractivity contribution in [2.75, 3.05) is 0 Å². The predicted octanol–water partition coefficient (Wildman–Crippen LogP) is 2.78. The number of carboxylic acids is 1. The van der Waals surface area contributed by atoms with Crippen molar-refractivity contribution in [1.82, 2.24) is 9.55 Å². The van der Waals surface area contributed by atoms with Gasteiger partial charge in [0.15, 0.2) is 0 Å². The fourth-order valence-electron chi connectivity index (χ4n) is 2.19. The van der Waals surface area contributed by atoms with Crippen molar-refractivity contribution < 1.29 is 9.90 Å². The lowest BCUT2D eigenvalue weighted by molar-refractivity contribution is 0.0698. The van der Waals surface area contributed by atoms with Crippen molar-refractivity contribution in [3.8, 4) is 5.69 Å². The fourth-order valence-corrected chi connectivity index (χ4v) is 2.66. The molecule has 0 spiro atoms. The molecule has 0 saturated carbocycles. The van der Waals surface area contributed by atoms with Crippen molar-refractivity contribution in [2.45, 2.75) is 0 Å². The van der Waals surface area contributed by atoms with Gasteiger partial charge in [-0.2, -0.15) is 0 Å². The molecule has 100 valence electrons. The average Bonchev–Trinajstić information content (AvgIpc) is 2.75. The number of imidazole rings is 1. The van der Waals surface area contributed by atoms with E-state index in [9.17, 15) is 14.7 Å². The summed E-state index contributed by atoms with van der Waals surface area (Å²) in [4.78, 5) is 26.2. The molecule has 20 heavy (non-hydrogen) atoms. The van der Waals surface area contributed by atoms with E-state index in [1.165, 1.54) is 10.6 Å². The van der Waals surface area contributed by atoms with Crippen LogP contribution in [0.25, 0.3) is 16.7 Å². The molecule has 0 amide bonds. The maximum atomic E-state index is 12.2. The highest BCUT2D eigenvalue weighted by molar-refractivity contribution is 9.10. The molecule has 0 aliphatic carbocycles. The number of H-pyrrole nitrogens is 1. The third kappa shape index (κ3) is 1.85. The molecule has 0 bridgehead atoms. The number of carbonyl (C=O) groups is 1. The van der Waals surface area contributed by atoms with Gasteiger partial charge in [-0.3, -0.25) is 4.57 Å². The summed E-state index contributed by atoms with van der Waals surface area (Å²) >= 11 is 3.38. The van der Waals surface area contributed by atoms with Crippen LogP contribution in [0.5, 0.6) is 0 Å². The number of aromatic carboxylic acids is 1. The molecule has 0 aliphatic rings. The lowest BCUT2D eigenvalue weighted by atomic mass is 10.2. The minimum absolute atomic E-state index is 0.0802. The molecule has 0 fully saturated rings. The number of rotatable bonds is 2. The van der Waals surface area contributed by atoms with Crippen LogP contribution in [-0.2, 0) is 0 Å². The van der Waals surface area contributed by atoms with Gasteiger partial charge in [-0.1, -0.05) is 18.2 Å². The third-order valence-corrected chi connectivity index (χ3v) is 3.70. The average molecular weight is 333 g/mol. The molecule has 0 aliphatic heterocycles. The first-order valence-corrected chi connectivity index (χ1v) is 6.61. The Morgan fingerprint density at radius 3 is 2.60 bits per heavy atom. The minimum Gasteiger partial charge on any atom is -0.478 e. The molecule has 0 atom stereocenters. The Labute approximate surface area is 121 Å². The molecular weight excluding hydrogens is 324 g/mol. The van der Waals surface area contributed by atoms with Gasteiger partial charge in [-0.25, -0.2) is 9.59 Å². The molecule has 6 heteroatoms. The summed E-state index contributed by atoms with van der Waals surface area (Å²) in [6.07, 6.45) is 0. The second-order valence-corrected chi connectivity index (χ2v) is 5.08. The van der Waals surface area contributed by atoms with Crippen LogP contribution in [-0.4, -0.2) is 20.6 Å². The van der Waals surface area contributed by atoms with E-state index in [-0.39, 0.29) is 11.3 Å². The van der Waals surface area contributed by atoms with Gasteiger partial charge in [0.05, 0.1) is 22.3 Å². The summed E-state index contributed by atoms with van der Waals surface area (Å²) in [7, 11) is 0. The molecule has 1 heterocycles. The molecule has 1 aromatic heterocycles. The van der Waals surface area contributed by atoms with Crippen molar-refractivity contribution in [1.29, 1.82) is 0 Å². The normalized spacial score (nSPS) is 10.8. The van der Waals surface area contributed by atoms with Crippen molar-refractivity contribution in [2.24, 2.45) is 0 Å². The highest BCUT2D eigenvalue weighted by Gasteiger charge is 2.17. The van der Waals surface area contributed by atoms with E-state index in [0.29, 0.717) is 21.2 Å². The Morgan fingerprint density at radius 1 is 1.15 bits per heavy atom. The molecule has 2 aromatic carbocycles. The van der Waals surface area contributed by atoms with Crippen LogP contribution in [0.2, 0.25) is 0 Å². The van der Waals surface area contributed by atoms with Crippen LogP contribution in [0.3, 0.4) is 0 Å². The second kappa shape index (κ2) is 4.64. The number of nitrogens with one attached hydrogen (secondary N) is 1. The van der Waals surface area contributed by atoms with Crippen molar-refractivity contribution in [3.05, 3.63) is 63.0 Å². The number of hydrogen-bond donors (Lipinski definition) is 2. The Kier molecular flexibility index (Phi) is 2.94. The largest absolute Gasteiger partial charge is 0.478 e. The zero-order valence-electron chi connectivity index (χ0n) is 10.1. The van der Waals surface area contributed by atoms with Gasteiger partial charge in [0.2, 0.25) is 0 Å². The number of benzene rings is 2. The molecule has 5 nitrogen and oxygen atoms in total. The number of para-hydroxylation sites is 2. The highest BCUT2D eigenvalue weighted by atomic mass is 79.9. The quantitative estimate of drug-likeness (QED) is 0.757. The first kappa shape index (κ1) is 12.7. The van der Waals surface area contributed by atoms with Gasteiger partial charge >= 0.3 is 11.7 Å². The van der Waals surface area contributed by atoms with Crippen molar-refractivity contribution in [3.63, 3.8) is 0 Å². The van der Waals surface area contributed by atoms with E-state index in [4.69, 9.17) is 0 Å². The SMILES string of the molecule is O=C(O)c1cccc2[nH]c(=O)n(-c3ccccc3Br)c12. The summed E-state index contributed by atoms with van der Waals surface area (Å²) in [5.74, 6) is -1.07. The Bertz CT molecular complexity index is 880. The Hall–Kier alpha value is -2.34. The van der Waals surface area contributed by atoms with Gasteiger partial charge in [-0.05, 0) is 40.2 Å². The van der Waals surface area contributed by atoms with E-state index in [0.717, 1.165) is 0 Å². The number of fused-ring (bicyclic) bond motifs is 1. The van der Waals surface area contributed by atoms with Crippen LogP contribution in [0, 0.1) is 0 Å². The van der Waals surface area contributed by atoms with Gasteiger partial charge in [-0.15, -0.1) is 0 Å². The number of carboxylic acid groups (broad SMARTS) is 1. The molecule has 3 rings (SSSR count). The maximum absolute atomic E-state index is 12.2. The van der Waals surface area contributed by atoms with E-state index < -0.39 is 5.97 Å². The molecular formula is C14H9BrN2O3. The predicted molar refractivity (Wildman–Crippen MR) is 78.6 cm³/mol. The standard InChI is InChI=1S/C14H9BrN2O3/c15-9-5-1-2-7-11(9)17-12-8(13(18)19)4-3-6-10(12)16-14(17)20/h1-7H,(H,16,20)(H,18,19). The fraction of sp³-hybridized carbons (Fsp3) is 0. The smallest absolute Gasteiger partial charge is 0.337 e. The first-order chi connectivity index (χ1) is 9.59. The molecule has 2 N–H and O–H groups in total. The van der Waals surface area contributed by atoms with Gasteiger partial charge in [0.25, 0.3) is 0 Å². The number of aromatic amines is 1. The summed E-state index contributed by atoms with van der Waals surface area (Å²) in [6, 6.07) is 11.9. The Balaban J connectivity index is 2.48. The number of aromatic nitrogens is 2. The molecule has 0 saturated heterocycles. The Morgan fingerprint density at radius 2 is 1.90 bits per heavy atom. The van der Waals surface area contributed by atoms with E-state index in [1.54, 1.807) is 30.3 Å². The summed E-state index contributed by atoms with van der Waals surface area (Å²) in [6.45, 7) is 0. The highest BCUT2D eigenvalue weighted by Crippen LogP contribution is 2.24. The van der Waals surface area contributed by atoms with Crippen LogP contribution in [0.1, 0.15) is 10.4 Å². The monoisotopic (exact) mass is 332 g/mol. The van der Waals surface area contributed by atoms with Gasteiger partial charge in [0.1, 0.15) is 0 Å². The minimum atomic E-state index is -1.07. The first-order valence-electron chi connectivity index (χ1n) is 5.81. The van der Waals surface area contributed by atoms with Crippen LogP contribution < -0.4 is 5.69 Å². The molecule has 0 unspecified atom stereocenters. The lowest BCUT2D eigenvalue weighted by Gasteiger charge is -2.07. The van der Waals surface area contributed by atoms with Crippen LogP contribution >= 0.6 is 15.9 Å². The number of nitrogens with zero attached hydrogens (tertiary/aromatic N) is 1. The zero-order chi connectivity index (χ0) is 14.3. The third-order valence-electron chi connectivity index (χ3n) is 3.03. The van der Waals surface area contributed by atoms with Gasteiger partial charge in [0, 0.05) is 4.47 Å². The molecule has 3 aromatic rings. The van der Waals surface area contributed by atoms with E-state index in [1.807, 2.05) is 6.07 Å². The van der Waals surface area contributed by atoms with E-state index >= 15 is 0 Å². The summed E-state index contributed by atoms with van der Waals surface area (Å²) < 4.78 is 2.08. The zero-order valence-corrected chi connectivity index (χ0v) is 11.7. The van der Waals surface area contributed by atoms with Gasteiger partial charge < -0.3 is 10.1 Å². The maximum Gasteiger partial charge on any atom is 0.337 e. The van der Waals surface area contributed by atoms with Crippen LogP contribution in [0.4, 0.5) is 0 Å². The van der Waals surface area contributed by atoms with Crippen molar-refractivity contribution >= 4 is 32.9 Å². The van der Waals surface area contributed by atoms with Crippen LogP contribution in [0.15, 0.2) is 51.7 Å². The second-order valence-electron chi connectivity index (χ2n) is 4.22. The lowest BCUT2D eigenvalue weighted by Crippen LogP contribution is -2.16. The van der Waals surface area contributed by atoms with E-state index in [2.05, 4.69) is 20.9 Å².